The van der Waals surface area contributed by atoms with Crippen molar-refractivity contribution in [3.8, 4) is 0 Å². The van der Waals surface area contributed by atoms with Gasteiger partial charge in [-0.25, -0.2) is 4.98 Å². The number of carbonyl (C=O) groups is 1. The summed E-state index contributed by atoms with van der Waals surface area (Å²) in [6, 6.07) is 8.38. The number of carbonyl (C=O) groups excluding carboxylic acids is 1. The van der Waals surface area contributed by atoms with Crippen molar-refractivity contribution in [1.82, 2.24) is 10.3 Å². The molecule has 0 aliphatic carbocycles. The Balaban J connectivity index is 1.75. The van der Waals surface area contributed by atoms with Gasteiger partial charge in [0, 0.05) is 16.7 Å². The number of nitrogens with one attached hydrogen (secondary N) is 2. The van der Waals surface area contributed by atoms with Gasteiger partial charge in [0.05, 0.1) is 16.8 Å². The Morgan fingerprint density at radius 2 is 1.56 bits per heavy atom. The largest absolute Gasteiger partial charge is 0.416 e. The normalized spacial score (nSPS) is 12.0. The number of rotatable bonds is 5. The van der Waals surface area contributed by atoms with Crippen LogP contribution in [-0.2, 0) is 18.9 Å². The second kappa shape index (κ2) is 9.10. The molecule has 4 nitrogen and oxygen atoms in total. The zero-order valence-corrected chi connectivity index (χ0v) is 18.6. The maximum atomic E-state index is 13.0. The molecule has 170 valence electrons. The van der Waals surface area contributed by atoms with Gasteiger partial charge in [-0.1, -0.05) is 27.3 Å². The number of halogens is 7. The van der Waals surface area contributed by atoms with Crippen molar-refractivity contribution in [3.63, 3.8) is 0 Å². The zero-order chi connectivity index (χ0) is 23.7. The number of thiazole rings is 1. The highest BCUT2D eigenvalue weighted by Gasteiger charge is 2.36. The first-order valence-corrected chi connectivity index (χ1v) is 10.5. The number of nitrogens with zero attached hydrogens (tertiary/aromatic N) is 1. The van der Waals surface area contributed by atoms with Crippen LogP contribution in [0.1, 0.15) is 32.1 Å². The van der Waals surface area contributed by atoms with Crippen molar-refractivity contribution >= 4 is 44.0 Å². The van der Waals surface area contributed by atoms with Gasteiger partial charge in [0.25, 0.3) is 5.91 Å². The average molecular weight is 538 g/mol. The van der Waals surface area contributed by atoms with E-state index in [1.807, 2.05) is 0 Å². The van der Waals surface area contributed by atoms with E-state index < -0.39 is 35.9 Å². The van der Waals surface area contributed by atoms with Gasteiger partial charge >= 0.3 is 12.4 Å². The number of amides is 1. The molecule has 2 aromatic carbocycles. The van der Waals surface area contributed by atoms with Gasteiger partial charge in [0.15, 0.2) is 5.13 Å². The fourth-order valence-corrected chi connectivity index (χ4v) is 3.87. The number of alkyl halides is 6. The van der Waals surface area contributed by atoms with Crippen molar-refractivity contribution in [3.05, 3.63) is 74.2 Å². The number of hydrogen-bond donors (Lipinski definition) is 2. The van der Waals surface area contributed by atoms with Crippen molar-refractivity contribution in [2.45, 2.75) is 25.8 Å². The summed E-state index contributed by atoms with van der Waals surface area (Å²) in [6.07, 6.45) is -9.91. The summed E-state index contributed by atoms with van der Waals surface area (Å²) >= 11 is 4.32. The molecule has 0 unspecified atom stereocenters. The Kier molecular flexibility index (Phi) is 6.84. The molecule has 0 radical (unpaired) electrons. The van der Waals surface area contributed by atoms with E-state index >= 15 is 0 Å². The number of anilines is 2. The highest BCUT2D eigenvalue weighted by molar-refractivity contribution is 9.10. The molecule has 0 saturated carbocycles. The van der Waals surface area contributed by atoms with Gasteiger partial charge in [-0.2, -0.15) is 26.3 Å². The number of aromatic nitrogens is 1. The minimum absolute atomic E-state index is 0.0404. The van der Waals surface area contributed by atoms with E-state index in [2.05, 4.69) is 31.5 Å². The molecule has 2 N–H and O–H groups in total. The van der Waals surface area contributed by atoms with Crippen LogP contribution < -0.4 is 10.6 Å². The maximum absolute atomic E-state index is 13.0. The molecule has 32 heavy (non-hydrogen) atoms. The van der Waals surface area contributed by atoms with Crippen molar-refractivity contribution in [2.75, 3.05) is 5.32 Å². The van der Waals surface area contributed by atoms with Crippen LogP contribution in [0.4, 0.5) is 37.2 Å². The van der Waals surface area contributed by atoms with Crippen LogP contribution in [0.5, 0.6) is 0 Å². The van der Waals surface area contributed by atoms with Gasteiger partial charge in [-0.15, -0.1) is 0 Å². The molecule has 1 amide bonds. The smallest absolute Gasteiger partial charge is 0.347 e. The fourth-order valence-electron chi connectivity index (χ4n) is 2.70. The quantitative estimate of drug-likeness (QED) is 0.347. The Bertz CT molecular complexity index is 1090. The topological polar surface area (TPSA) is 54.0 Å². The molecule has 1 aromatic heterocycles. The lowest BCUT2D eigenvalue weighted by Crippen LogP contribution is -2.23. The van der Waals surface area contributed by atoms with Gasteiger partial charge in [-0.05, 0) is 55.0 Å². The lowest BCUT2D eigenvalue weighted by Gasteiger charge is -2.14. The van der Waals surface area contributed by atoms with Crippen LogP contribution in [0.3, 0.4) is 0 Å². The molecule has 0 fully saturated rings. The summed E-state index contributed by atoms with van der Waals surface area (Å²) in [4.78, 5) is 16.9. The third kappa shape index (κ3) is 6.00. The first-order valence-electron chi connectivity index (χ1n) is 8.89. The van der Waals surface area contributed by atoms with E-state index in [0.29, 0.717) is 23.0 Å². The van der Waals surface area contributed by atoms with Crippen molar-refractivity contribution in [1.29, 1.82) is 0 Å². The molecule has 0 saturated heterocycles. The highest BCUT2D eigenvalue weighted by Crippen LogP contribution is 2.36. The summed E-state index contributed by atoms with van der Waals surface area (Å²) in [7, 11) is 0. The molecule has 3 aromatic rings. The molecule has 0 aliphatic heterocycles. The fraction of sp³-hybridized carbons (Fsp3) is 0.200. The first kappa shape index (κ1) is 24.1. The standard InChI is InChI=1S/C20H14BrF6N3OS/c1-10-16(32-18(29-10)30-15-4-2-14(21)3-5-15)17(31)28-9-11-6-12(19(22,23)24)8-13(7-11)20(25,26)27/h2-8H,9H2,1H3,(H,28,31)(H,29,30). The monoisotopic (exact) mass is 537 g/mol. The van der Waals surface area contributed by atoms with E-state index in [0.717, 1.165) is 21.5 Å². The summed E-state index contributed by atoms with van der Waals surface area (Å²) in [5.74, 6) is -0.658. The summed E-state index contributed by atoms with van der Waals surface area (Å²) < 4.78 is 78.8. The second-order valence-electron chi connectivity index (χ2n) is 6.66. The summed E-state index contributed by atoms with van der Waals surface area (Å²) in [5.41, 5.74) is -2.11. The predicted octanol–water partition coefficient (Wildman–Crippen LogP) is 6.93. The van der Waals surface area contributed by atoms with Gasteiger partial charge in [0.2, 0.25) is 0 Å². The highest BCUT2D eigenvalue weighted by atomic mass is 79.9. The molecular weight excluding hydrogens is 524 g/mol. The number of aryl methyl sites for hydroxylation is 1. The van der Waals surface area contributed by atoms with Crippen LogP contribution in [0.2, 0.25) is 0 Å². The molecular formula is C20H14BrF6N3OS. The summed E-state index contributed by atoms with van der Waals surface area (Å²) in [6.45, 7) is 1.06. The molecule has 0 aliphatic rings. The molecule has 0 bridgehead atoms. The van der Waals surface area contributed by atoms with E-state index in [-0.39, 0.29) is 16.5 Å². The average Bonchev–Trinajstić information content (AvgIpc) is 3.06. The molecule has 3 rings (SSSR count). The Morgan fingerprint density at radius 3 is 2.09 bits per heavy atom. The number of hydrogen-bond acceptors (Lipinski definition) is 4. The van der Waals surface area contributed by atoms with Crippen LogP contribution in [-0.4, -0.2) is 10.9 Å². The molecule has 1 heterocycles. The molecule has 0 spiro atoms. The van der Waals surface area contributed by atoms with Crippen LogP contribution in [0.15, 0.2) is 46.9 Å². The third-order valence-electron chi connectivity index (χ3n) is 4.20. The Labute approximate surface area is 190 Å². The van der Waals surface area contributed by atoms with Crippen molar-refractivity contribution < 1.29 is 31.1 Å². The van der Waals surface area contributed by atoms with Gasteiger partial charge < -0.3 is 10.6 Å². The van der Waals surface area contributed by atoms with E-state index in [4.69, 9.17) is 0 Å². The minimum atomic E-state index is -4.96. The lowest BCUT2D eigenvalue weighted by atomic mass is 10.0. The SMILES string of the molecule is Cc1nc(Nc2ccc(Br)cc2)sc1C(=O)NCc1cc(C(F)(F)F)cc(C(F)(F)F)c1. The van der Waals surface area contributed by atoms with Crippen molar-refractivity contribution in [2.24, 2.45) is 0 Å². The lowest BCUT2D eigenvalue weighted by molar-refractivity contribution is -0.143. The maximum Gasteiger partial charge on any atom is 0.416 e. The third-order valence-corrected chi connectivity index (χ3v) is 5.80. The van der Waals surface area contributed by atoms with Gasteiger partial charge in [-0.3, -0.25) is 4.79 Å². The zero-order valence-electron chi connectivity index (χ0n) is 16.2. The second-order valence-corrected chi connectivity index (χ2v) is 8.58. The van der Waals surface area contributed by atoms with Gasteiger partial charge in [0.1, 0.15) is 4.88 Å². The Hall–Kier alpha value is -2.60. The van der Waals surface area contributed by atoms with E-state index in [1.54, 1.807) is 31.2 Å². The predicted molar refractivity (Wildman–Crippen MR) is 112 cm³/mol. The number of benzene rings is 2. The minimum Gasteiger partial charge on any atom is -0.347 e. The molecule has 0 atom stereocenters. The Morgan fingerprint density at radius 1 is 1.00 bits per heavy atom. The van der Waals surface area contributed by atoms with Crippen LogP contribution in [0.25, 0.3) is 0 Å². The van der Waals surface area contributed by atoms with E-state index in [9.17, 15) is 31.1 Å². The van der Waals surface area contributed by atoms with Crippen LogP contribution >= 0.6 is 27.3 Å². The summed E-state index contributed by atoms with van der Waals surface area (Å²) in [5, 5.41) is 5.80. The molecule has 12 heteroatoms. The van der Waals surface area contributed by atoms with Crippen LogP contribution in [0, 0.1) is 6.92 Å². The van der Waals surface area contributed by atoms with E-state index in [1.165, 1.54) is 0 Å². The first-order chi connectivity index (χ1) is 14.8.